The smallest absolute Gasteiger partial charge is 0.414 e. The number of hydrogen-bond donors (Lipinski definition) is 1. The van der Waals surface area contributed by atoms with Gasteiger partial charge in [-0.1, -0.05) is 0 Å². The molecule has 29 heavy (non-hydrogen) atoms. The number of anilines is 1. The maximum atomic E-state index is 14.3. The summed E-state index contributed by atoms with van der Waals surface area (Å²) in [6.07, 6.45) is 0.949. The Kier molecular flexibility index (Phi) is 5.23. The number of halogens is 1. The highest BCUT2D eigenvalue weighted by atomic mass is 19.1. The molecule has 0 saturated carbocycles. The van der Waals surface area contributed by atoms with Gasteiger partial charge in [-0.15, -0.1) is 5.10 Å². The quantitative estimate of drug-likeness (QED) is 0.669. The van der Waals surface area contributed by atoms with Crippen LogP contribution in [0.2, 0.25) is 0 Å². The molecule has 0 spiro atoms. The van der Waals surface area contributed by atoms with Crippen molar-refractivity contribution >= 4 is 23.7 Å². The summed E-state index contributed by atoms with van der Waals surface area (Å²) in [4.78, 5) is 28.0. The lowest BCUT2D eigenvalue weighted by Crippen LogP contribution is -2.27. The fraction of sp³-hybridized carbons (Fsp3) is 0.300. The molecular weight excluding hydrogens is 379 g/mol. The molecule has 152 valence electrons. The zero-order valence-corrected chi connectivity index (χ0v) is 16.7. The van der Waals surface area contributed by atoms with Crippen molar-refractivity contribution < 1.29 is 23.5 Å². The normalized spacial score (nSPS) is 11.4. The third-order valence-electron chi connectivity index (χ3n) is 4.03. The Labute approximate surface area is 166 Å². The molecule has 0 radical (unpaired) electrons. The van der Waals surface area contributed by atoms with Gasteiger partial charge in [0, 0.05) is 6.20 Å². The monoisotopic (exact) mass is 400 g/mol. The topological polar surface area (TPSA) is 94.8 Å². The molecule has 0 atom stereocenters. The standard InChI is InChI=1S/C20H21FN4O4/c1-11-14(17(26)28-5)8-13(9-15(11)21)12-6-7-25-16(10-12)22-18(24-25)23-19(27)29-20(2,3)4/h6-10H,1-5H3,(H,23,24,27). The van der Waals surface area contributed by atoms with E-state index in [-0.39, 0.29) is 17.1 Å². The van der Waals surface area contributed by atoms with Crippen LogP contribution in [0, 0.1) is 12.7 Å². The van der Waals surface area contributed by atoms with E-state index in [9.17, 15) is 14.0 Å². The molecule has 0 saturated heterocycles. The molecule has 0 aliphatic rings. The van der Waals surface area contributed by atoms with Gasteiger partial charge in [-0.25, -0.2) is 18.5 Å². The van der Waals surface area contributed by atoms with Gasteiger partial charge in [0.1, 0.15) is 11.4 Å². The first-order valence-electron chi connectivity index (χ1n) is 8.82. The zero-order valence-electron chi connectivity index (χ0n) is 16.7. The number of amides is 1. The Morgan fingerprint density at radius 1 is 1.17 bits per heavy atom. The number of ether oxygens (including phenoxy) is 2. The number of methoxy groups -OCH3 is 1. The second-order valence-corrected chi connectivity index (χ2v) is 7.40. The average molecular weight is 400 g/mol. The van der Waals surface area contributed by atoms with Crippen molar-refractivity contribution in [2.45, 2.75) is 33.3 Å². The minimum atomic E-state index is -0.669. The number of rotatable bonds is 3. The van der Waals surface area contributed by atoms with E-state index in [1.54, 1.807) is 45.2 Å². The molecule has 1 N–H and O–H groups in total. The number of benzene rings is 1. The highest BCUT2D eigenvalue weighted by molar-refractivity contribution is 5.92. The molecule has 0 aliphatic carbocycles. The van der Waals surface area contributed by atoms with Gasteiger partial charge in [-0.05, 0) is 68.7 Å². The summed E-state index contributed by atoms with van der Waals surface area (Å²) in [6, 6.07) is 6.26. The van der Waals surface area contributed by atoms with Crippen LogP contribution in [-0.2, 0) is 9.47 Å². The van der Waals surface area contributed by atoms with E-state index in [0.717, 1.165) is 0 Å². The number of pyridine rings is 1. The van der Waals surface area contributed by atoms with Gasteiger partial charge in [0.05, 0.1) is 12.7 Å². The van der Waals surface area contributed by atoms with Crippen LogP contribution in [0.15, 0.2) is 30.5 Å². The van der Waals surface area contributed by atoms with Crippen LogP contribution in [0.4, 0.5) is 15.1 Å². The molecule has 8 nitrogen and oxygen atoms in total. The third-order valence-corrected chi connectivity index (χ3v) is 4.03. The SMILES string of the molecule is COC(=O)c1cc(-c2ccn3nc(NC(=O)OC(C)(C)C)nc3c2)cc(F)c1C. The molecule has 2 heterocycles. The summed E-state index contributed by atoms with van der Waals surface area (Å²) in [7, 11) is 1.24. The van der Waals surface area contributed by atoms with Gasteiger partial charge in [-0.3, -0.25) is 5.32 Å². The molecule has 3 rings (SSSR count). The second kappa shape index (κ2) is 7.50. The number of hydrogen-bond acceptors (Lipinski definition) is 6. The molecule has 3 aromatic rings. The highest BCUT2D eigenvalue weighted by Gasteiger charge is 2.18. The fourth-order valence-corrected chi connectivity index (χ4v) is 2.68. The number of esters is 1. The largest absolute Gasteiger partial charge is 0.465 e. The van der Waals surface area contributed by atoms with Crippen LogP contribution in [0.5, 0.6) is 0 Å². The predicted octanol–water partition coefficient (Wildman–Crippen LogP) is 3.98. The van der Waals surface area contributed by atoms with E-state index < -0.39 is 23.5 Å². The minimum absolute atomic E-state index is 0.0711. The van der Waals surface area contributed by atoms with Crippen molar-refractivity contribution in [2.75, 3.05) is 12.4 Å². The van der Waals surface area contributed by atoms with Crippen LogP contribution in [-0.4, -0.2) is 39.4 Å². The Morgan fingerprint density at radius 2 is 1.90 bits per heavy atom. The molecule has 1 aromatic carbocycles. The lowest BCUT2D eigenvalue weighted by atomic mass is 10.00. The molecule has 2 aromatic heterocycles. The fourth-order valence-electron chi connectivity index (χ4n) is 2.68. The summed E-state index contributed by atoms with van der Waals surface area (Å²) in [5, 5.41) is 6.62. The number of nitrogens with zero attached hydrogens (tertiary/aromatic N) is 3. The van der Waals surface area contributed by atoms with Gasteiger partial charge in [0.15, 0.2) is 5.65 Å². The molecule has 0 aliphatic heterocycles. The summed E-state index contributed by atoms with van der Waals surface area (Å²) in [5.74, 6) is -1.06. The minimum Gasteiger partial charge on any atom is -0.465 e. The second-order valence-electron chi connectivity index (χ2n) is 7.40. The molecule has 0 bridgehead atoms. The van der Waals surface area contributed by atoms with E-state index in [1.807, 2.05) is 0 Å². The van der Waals surface area contributed by atoms with Crippen molar-refractivity contribution in [3.63, 3.8) is 0 Å². The summed E-state index contributed by atoms with van der Waals surface area (Å²) in [6.45, 7) is 6.76. The van der Waals surface area contributed by atoms with Crippen molar-refractivity contribution in [3.05, 3.63) is 47.4 Å². The highest BCUT2D eigenvalue weighted by Crippen LogP contribution is 2.26. The van der Waals surface area contributed by atoms with Crippen LogP contribution < -0.4 is 5.32 Å². The molecular formula is C20H21FN4O4. The first-order chi connectivity index (χ1) is 13.6. The first kappa shape index (κ1) is 20.2. The zero-order chi connectivity index (χ0) is 21.3. The Balaban J connectivity index is 1.93. The van der Waals surface area contributed by atoms with E-state index >= 15 is 0 Å². The lowest BCUT2D eigenvalue weighted by molar-refractivity contribution is 0.0596. The van der Waals surface area contributed by atoms with Gasteiger partial charge in [-0.2, -0.15) is 4.98 Å². The van der Waals surface area contributed by atoms with Crippen molar-refractivity contribution in [1.29, 1.82) is 0 Å². The van der Waals surface area contributed by atoms with E-state index in [4.69, 9.17) is 9.47 Å². The first-order valence-corrected chi connectivity index (χ1v) is 8.82. The van der Waals surface area contributed by atoms with Crippen molar-refractivity contribution in [3.8, 4) is 11.1 Å². The lowest BCUT2D eigenvalue weighted by Gasteiger charge is -2.18. The number of nitrogens with one attached hydrogen (secondary N) is 1. The predicted molar refractivity (Wildman–Crippen MR) is 104 cm³/mol. The van der Waals surface area contributed by atoms with E-state index in [2.05, 4.69) is 15.4 Å². The van der Waals surface area contributed by atoms with Crippen LogP contribution in [0.1, 0.15) is 36.7 Å². The summed E-state index contributed by atoms with van der Waals surface area (Å²) < 4.78 is 25.7. The molecule has 9 heteroatoms. The maximum Gasteiger partial charge on any atom is 0.414 e. The van der Waals surface area contributed by atoms with E-state index in [1.165, 1.54) is 24.6 Å². The Bertz CT molecular complexity index is 1100. The van der Waals surface area contributed by atoms with Crippen LogP contribution in [0.3, 0.4) is 0 Å². The Hall–Kier alpha value is -3.49. The van der Waals surface area contributed by atoms with Gasteiger partial charge in [0.25, 0.3) is 5.95 Å². The van der Waals surface area contributed by atoms with Gasteiger partial charge >= 0.3 is 12.1 Å². The Morgan fingerprint density at radius 3 is 2.55 bits per heavy atom. The van der Waals surface area contributed by atoms with Crippen LogP contribution >= 0.6 is 0 Å². The number of carbonyl (C=O) groups is 2. The van der Waals surface area contributed by atoms with E-state index in [0.29, 0.717) is 16.8 Å². The summed E-state index contributed by atoms with van der Waals surface area (Å²) >= 11 is 0. The number of fused-ring (bicyclic) bond motifs is 1. The van der Waals surface area contributed by atoms with Gasteiger partial charge in [0.2, 0.25) is 0 Å². The number of aromatic nitrogens is 3. The maximum absolute atomic E-state index is 14.3. The number of carbonyl (C=O) groups excluding carboxylic acids is 2. The molecule has 1 amide bonds. The van der Waals surface area contributed by atoms with Crippen LogP contribution in [0.25, 0.3) is 16.8 Å². The molecule has 0 fully saturated rings. The average Bonchev–Trinajstić information content (AvgIpc) is 3.02. The van der Waals surface area contributed by atoms with Crippen molar-refractivity contribution in [2.24, 2.45) is 0 Å². The third kappa shape index (κ3) is 4.50. The van der Waals surface area contributed by atoms with Crippen molar-refractivity contribution in [1.82, 2.24) is 14.6 Å². The summed E-state index contributed by atoms with van der Waals surface area (Å²) in [5.41, 5.74) is 1.25. The van der Waals surface area contributed by atoms with Gasteiger partial charge < -0.3 is 9.47 Å². The molecule has 0 unspecified atom stereocenters.